The number of amides is 2. The topological polar surface area (TPSA) is 65.2 Å². The Labute approximate surface area is 161 Å². The molecule has 1 saturated heterocycles. The average molecular weight is 395 g/mol. The highest BCUT2D eigenvalue weighted by Crippen LogP contribution is 2.64. The standard InChI is InChI=1S/C18H18F3N3O2.C2H6/c1-10-2-3-12-11(15(10)19)6-13(23-12)16(26)22-7-14(25)24-5-4-17(9-24)8-18(17,20)21;1-2/h2-3,6,23H,4-5,7-9H2,1H3,(H,22,26);1-2H3. The van der Waals surface area contributed by atoms with Gasteiger partial charge in [-0.2, -0.15) is 0 Å². The first-order chi connectivity index (χ1) is 13.2. The van der Waals surface area contributed by atoms with Gasteiger partial charge in [-0.15, -0.1) is 0 Å². The Morgan fingerprint density at radius 3 is 2.57 bits per heavy atom. The van der Waals surface area contributed by atoms with Crippen LogP contribution in [-0.2, 0) is 4.79 Å². The maximum Gasteiger partial charge on any atom is 0.268 e. The molecule has 2 aromatic rings. The van der Waals surface area contributed by atoms with Gasteiger partial charge < -0.3 is 15.2 Å². The normalized spacial score (nSPS) is 22.1. The number of aromatic nitrogens is 1. The number of hydrogen-bond acceptors (Lipinski definition) is 2. The molecule has 2 fully saturated rings. The Kier molecular flexibility index (Phi) is 5.16. The molecule has 2 N–H and O–H groups in total. The van der Waals surface area contributed by atoms with E-state index in [1.807, 2.05) is 13.8 Å². The predicted molar refractivity (Wildman–Crippen MR) is 99.9 cm³/mol. The minimum atomic E-state index is -2.68. The quantitative estimate of drug-likeness (QED) is 0.834. The monoisotopic (exact) mass is 395 g/mol. The molecule has 1 aliphatic heterocycles. The molecule has 1 aromatic heterocycles. The van der Waals surface area contributed by atoms with E-state index < -0.39 is 29.0 Å². The average Bonchev–Trinajstić information content (AvgIpc) is 3.07. The van der Waals surface area contributed by atoms with Crippen molar-refractivity contribution < 1.29 is 22.8 Å². The summed E-state index contributed by atoms with van der Waals surface area (Å²) in [6, 6.07) is 4.68. The van der Waals surface area contributed by atoms with Crippen LogP contribution in [0.25, 0.3) is 10.9 Å². The van der Waals surface area contributed by atoms with E-state index in [1.54, 1.807) is 19.1 Å². The van der Waals surface area contributed by atoms with Gasteiger partial charge in [0.2, 0.25) is 5.91 Å². The molecule has 1 unspecified atom stereocenters. The highest BCUT2D eigenvalue weighted by Gasteiger charge is 2.72. The summed E-state index contributed by atoms with van der Waals surface area (Å²) >= 11 is 0. The van der Waals surface area contributed by atoms with E-state index in [-0.39, 0.29) is 31.7 Å². The summed E-state index contributed by atoms with van der Waals surface area (Å²) in [7, 11) is 0. The molecule has 0 bridgehead atoms. The highest BCUT2D eigenvalue weighted by molar-refractivity contribution is 5.99. The van der Waals surface area contributed by atoms with E-state index in [4.69, 9.17) is 0 Å². The Morgan fingerprint density at radius 2 is 1.96 bits per heavy atom. The molecule has 1 aromatic carbocycles. The van der Waals surface area contributed by atoms with Crippen LogP contribution in [0.15, 0.2) is 18.2 Å². The summed E-state index contributed by atoms with van der Waals surface area (Å²) in [5.74, 6) is -4.02. The third-order valence-electron chi connectivity index (χ3n) is 5.49. The number of rotatable bonds is 3. The van der Waals surface area contributed by atoms with Crippen molar-refractivity contribution in [3.05, 3.63) is 35.3 Å². The lowest BCUT2D eigenvalue weighted by Crippen LogP contribution is -2.39. The van der Waals surface area contributed by atoms with Crippen LogP contribution in [0.1, 0.15) is 42.7 Å². The first-order valence-electron chi connectivity index (χ1n) is 9.44. The minimum absolute atomic E-state index is 0.0333. The van der Waals surface area contributed by atoms with E-state index >= 15 is 0 Å². The smallest absolute Gasteiger partial charge is 0.268 e. The Balaban J connectivity index is 0.00000109. The second kappa shape index (κ2) is 7.14. The van der Waals surface area contributed by atoms with Gasteiger partial charge in [0.1, 0.15) is 11.5 Å². The van der Waals surface area contributed by atoms with Crippen molar-refractivity contribution in [2.24, 2.45) is 5.41 Å². The summed E-state index contributed by atoms with van der Waals surface area (Å²) in [4.78, 5) is 28.6. The van der Waals surface area contributed by atoms with Gasteiger partial charge in [0.25, 0.3) is 11.8 Å². The number of alkyl halides is 2. The van der Waals surface area contributed by atoms with Gasteiger partial charge in [-0.3, -0.25) is 9.59 Å². The number of carbonyl (C=O) groups is 2. The molecule has 1 spiro atoms. The van der Waals surface area contributed by atoms with Crippen molar-refractivity contribution in [3.8, 4) is 0 Å². The fraction of sp³-hybridized carbons (Fsp3) is 0.500. The van der Waals surface area contributed by atoms with Crippen molar-refractivity contribution in [1.82, 2.24) is 15.2 Å². The van der Waals surface area contributed by atoms with Gasteiger partial charge in [0, 0.05) is 30.4 Å². The number of hydrogen-bond donors (Lipinski definition) is 2. The van der Waals surface area contributed by atoms with Crippen LogP contribution in [0, 0.1) is 18.2 Å². The fourth-order valence-corrected chi connectivity index (χ4v) is 3.67. The Hall–Kier alpha value is -2.51. The lowest BCUT2D eigenvalue weighted by Gasteiger charge is -2.16. The number of aryl methyl sites for hydroxylation is 1. The van der Waals surface area contributed by atoms with Crippen LogP contribution in [-0.4, -0.2) is 47.3 Å². The van der Waals surface area contributed by atoms with Gasteiger partial charge in [-0.1, -0.05) is 19.9 Å². The summed E-state index contributed by atoms with van der Waals surface area (Å²) in [6.07, 6.45) is 0.122. The fourth-order valence-electron chi connectivity index (χ4n) is 3.67. The number of halogens is 3. The molecule has 2 amide bonds. The van der Waals surface area contributed by atoms with Crippen molar-refractivity contribution >= 4 is 22.7 Å². The predicted octanol–water partition coefficient (Wildman–Crippen LogP) is 3.63. The number of nitrogens with one attached hydrogen (secondary N) is 2. The van der Waals surface area contributed by atoms with E-state index in [9.17, 15) is 22.8 Å². The molecular formula is C20H24F3N3O2. The number of nitrogens with zero attached hydrogens (tertiary/aromatic N) is 1. The van der Waals surface area contributed by atoms with Crippen LogP contribution in [0.2, 0.25) is 0 Å². The lowest BCUT2D eigenvalue weighted by atomic mass is 10.1. The SMILES string of the molecule is CC.Cc1ccc2[nH]c(C(=O)NCC(=O)N3CCC4(C3)CC4(F)F)cc2c1F. The van der Waals surface area contributed by atoms with Crippen LogP contribution in [0.5, 0.6) is 0 Å². The first kappa shape index (κ1) is 20.2. The van der Waals surface area contributed by atoms with Gasteiger partial charge in [-0.05, 0) is 31.0 Å². The molecule has 4 rings (SSSR count). The third kappa shape index (κ3) is 3.36. The van der Waals surface area contributed by atoms with E-state index in [0.29, 0.717) is 22.9 Å². The zero-order valence-electron chi connectivity index (χ0n) is 16.2. The number of carbonyl (C=O) groups excluding carboxylic acids is 2. The molecule has 2 aliphatic rings. The lowest BCUT2D eigenvalue weighted by molar-refractivity contribution is -0.129. The van der Waals surface area contributed by atoms with Crippen LogP contribution < -0.4 is 5.32 Å². The number of likely N-dealkylation sites (tertiary alicyclic amines) is 1. The second-order valence-corrected chi connectivity index (χ2v) is 7.25. The summed E-state index contributed by atoms with van der Waals surface area (Å²) in [5.41, 5.74) is 0.0450. The largest absolute Gasteiger partial charge is 0.350 e. The molecule has 28 heavy (non-hydrogen) atoms. The van der Waals surface area contributed by atoms with Gasteiger partial charge in [0.05, 0.1) is 12.0 Å². The van der Waals surface area contributed by atoms with E-state index in [1.165, 1.54) is 11.0 Å². The Morgan fingerprint density at radius 1 is 1.29 bits per heavy atom. The van der Waals surface area contributed by atoms with Crippen LogP contribution in [0.4, 0.5) is 13.2 Å². The molecule has 152 valence electrons. The molecule has 0 radical (unpaired) electrons. The number of aromatic amines is 1. The van der Waals surface area contributed by atoms with E-state index in [2.05, 4.69) is 10.3 Å². The van der Waals surface area contributed by atoms with Crippen molar-refractivity contribution in [1.29, 1.82) is 0 Å². The van der Waals surface area contributed by atoms with Gasteiger partial charge in [0.15, 0.2) is 0 Å². The highest BCUT2D eigenvalue weighted by atomic mass is 19.3. The molecule has 5 nitrogen and oxygen atoms in total. The van der Waals surface area contributed by atoms with Crippen molar-refractivity contribution in [2.45, 2.75) is 39.5 Å². The zero-order chi connectivity index (χ0) is 20.7. The zero-order valence-corrected chi connectivity index (χ0v) is 16.2. The molecule has 8 heteroatoms. The number of fused-ring (bicyclic) bond motifs is 1. The molecular weight excluding hydrogens is 371 g/mol. The summed E-state index contributed by atoms with van der Waals surface area (Å²) < 4.78 is 40.8. The van der Waals surface area contributed by atoms with Crippen molar-refractivity contribution in [3.63, 3.8) is 0 Å². The maximum absolute atomic E-state index is 14.1. The molecule has 1 atom stereocenters. The molecule has 1 aliphatic carbocycles. The van der Waals surface area contributed by atoms with Crippen LogP contribution >= 0.6 is 0 Å². The Bertz CT molecular complexity index is 925. The number of H-pyrrole nitrogens is 1. The summed E-state index contributed by atoms with van der Waals surface area (Å²) in [5, 5.41) is 2.77. The summed E-state index contributed by atoms with van der Waals surface area (Å²) in [6.45, 7) is 5.66. The van der Waals surface area contributed by atoms with Gasteiger partial charge >= 0.3 is 0 Å². The minimum Gasteiger partial charge on any atom is -0.350 e. The third-order valence-corrected chi connectivity index (χ3v) is 5.49. The molecule has 2 heterocycles. The van der Waals surface area contributed by atoms with E-state index in [0.717, 1.165) is 0 Å². The first-order valence-corrected chi connectivity index (χ1v) is 9.44. The van der Waals surface area contributed by atoms with Gasteiger partial charge in [-0.25, -0.2) is 13.2 Å². The maximum atomic E-state index is 14.1. The number of benzene rings is 1. The molecule has 1 saturated carbocycles. The van der Waals surface area contributed by atoms with Crippen molar-refractivity contribution in [2.75, 3.05) is 19.6 Å². The second-order valence-electron chi connectivity index (χ2n) is 7.25. The van der Waals surface area contributed by atoms with Crippen LogP contribution in [0.3, 0.4) is 0 Å².